The smallest absolute Gasteiger partial charge is 0.110 e. The topological polar surface area (TPSA) is 17.8 Å². The fraction of sp³-hybridized carbons (Fsp3) is 0.182. The first-order valence-electron chi connectivity index (χ1n) is 4.57. The van der Waals surface area contributed by atoms with Crippen LogP contribution in [0.15, 0.2) is 35.1 Å². The quantitative estimate of drug-likeness (QED) is 0.770. The summed E-state index contributed by atoms with van der Waals surface area (Å²) in [6.07, 6.45) is 3.73. The Balaban J connectivity index is 2.50. The van der Waals surface area contributed by atoms with Crippen LogP contribution in [0.2, 0.25) is 0 Å². The van der Waals surface area contributed by atoms with E-state index in [2.05, 4.69) is 20.9 Å². The molecule has 0 bridgehead atoms. The van der Waals surface area contributed by atoms with Gasteiger partial charge in [0.2, 0.25) is 0 Å². The van der Waals surface area contributed by atoms with E-state index < -0.39 is 0 Å². The van der Waals surface area contributed by atoms with Crippen LogP contribution < -0.4 is 0 Å². The van der Waals surface area contributed by atoms with Crippen molar-refractivity contribution in [2.45, 2.75) is 12.8 Å². The van der Waals surface area contributed by atoms with Crippen molar-refractivity contribution in [3.05, 3.63) is 46.5 Å². The summed E-state index contributed by atoms with van der Waals surface area (Å²) in [5.41, 5.74) is 2.18. The Morgan fingerprint density at radius 2 is 2.27 bits per heavy atom. The van der Waals surface area contributed by atoms with Gasteiger partial charge < -0.3 is 4.57 Å². The molecule has 2 rings (SSSR count). The molecular formula is C11H10BrClN2. The number of halogens is 2. The number of nitrogens with zero attached hydrogens (tertiary/aromatic N) is 2. The number of aryl methyl sites for hydroxylation is 1. The third-order valence-electron chi connectivity index (χ3n) is 2.25. The van der Waals surface area contributed by atoms with Crippen molar-refractivity contribution in [3.63, 3.8) is 0 Å². The van der Waals surface area contributed by atoms with Crippen LogP contribution in [0, 0.1) is 6.92 Å². The molecule has 0 spiro atoms. The van der Waals surface area contributed by atoms with Gasteiger partial charge in [0.1, 0.15) is 5.82 Å². The van der Waals surface area contributed by atoms with E-state index in [0.29, 0.717) is 5.88 Å². The summed E-state index contributed by atoms with van der Waals surface area (Å²) in [7, 11) is 0. The van der Waals surface area contributed by atoms with Gasteiger partial charge >= 0.3 is 0 Å². The van der Waals surface area contributed by atoms with Gasteiger partial charge in [-0.3, -0.25) is 0 Å². The molecule has 0 amide bonds. The molecule has 4 heteroatoms. The van der Waals surface area contributed by atoms with Gasteiger partial charge in [-0.25, -0.2) is 4.98 Å². The highest BCUT2D eigenvalue weighted by Gasteiger charge is 2.05. The highest BCUT2D eigenvalue weighted by Crippen LogP contribution is 2.24. The van der Waals surface area contributed by atoms with E-state index in [1.54, 1.807) is 6.20 Å². The van der Waals surface area contributed by atoms with E-state index in [1.807, 2.05) is 35.9 Å². The largest absolute Gasteiger partial charge is 0.303 e. The van der Waals surface area contributed by atoms with Gasteiger partial charge in [0.05, 0.1) is 5.69 Å². The molecule has 1 aromatic carbocycles. The van der Waals surface area contributed by atoms with E-state index in [0.717, 1.165) is 21.5 Å². The molecule has 0 aliphatic rings. The zero-order chi connectivity index (χ0) is 10.8. The van der Waals surface area contributed by atoms with E-state index in [4.69, 9.17) is 11.6 Å². The minimum Gasteiger partial charge on any atom is -0.303 e. The lowest BCUT2D eigenvalue weighted by molar-refractivity contribution is 0.968. The van der Waals surface area contributed by atoms with Crippen LogP contribution in [0.3, 0.4) is 0 Å². The lowest BCUT2D eigenvalue weighted by Gasteiger charge is -2.08. The van der Waals surface area contributed by atoms with Crippen molar-refractivity contribution < 1.29 is 0 Å². The second kappa shape index (κ2) is 4.37. The average molecular weight is 286 g/mol. The Morgan fingerprint density at radius 1 is 1.47 bits per heavy atom. The number of rotatable bonds is 2. The van der Waals surface area contributed by atoms with Gasteiger partial charge in [-0.05, 0) is 40.5 Å². The Hall–Kier alpha value is -0.800. The summed E-state index contributed by atoms with van der Waals surface area (Å²) in [5, 5.41) is 0. The number of alkyl halides is 1. The molecule has 0 saturated heterocycles. The zero-order valence-electron chi connectivity index (χ0n) is 8.24. The van der Waals surface area contributed by atoms with Crippen molar-refractivity contribution in [2.24, 2.45) is 0 Å². The third-order valence-corrected chi connectivity index (χ3v) is 3.20. The first-order chi connectivity index (χ1) is 7.22. The molecule has 15 heavy (non-hydrogen) atoms. The number of hydrogen-bond donors (Lipinski definition) is 0. The molecule has 78 valence electrons. The van der Waals surface area contributed by atoms with Crippen LogP contribution in [-0.4, -0.2) is 9.55 Å². The third kappa shape index (κ3) is 2.08. The Kier molecular flexibility index (Phi) is 3.12. The highest BCUT2D eigenvalue weighted by atomic mass is 79.9. The molecule has 0 atom stereocenters. The van der Waals surface area contributed by atoms with Gasteiger partial charge in [0, 0.05) is 22.7 Å². The molecule has 0 fully saturated rings. The van der Waals surface area contributed by atoms with Crippen LogP contribution in [-0.2, 0) is 5.88 Å². The van der Waals surface area contributed by atoms with Gasteiger partial charge in [0.15, 0.2) is 0 Å². The van der Waals surface area contributed by atoms with Gasteiger partial charge in [0.25, 0.3) is 0 Å². The fourth-order valence-electron chi connectivity index (χ4n) is 1.46. The van der Waals surface area contributed by atoms with Crippen LogP contribution in [0.4, 0.5) is 0 Å². The van der Waals surface area contributed by atoms with Crippen molar-refractivity contribution in [3.8, 4) is 5.69 Å². The summed E-state index contributed by atoms with van der Waals surface area (Å²) in [5.74, 6) is 1.50. The van der Waals surface area contributed by atoms with E-state index >= 15 is 0 Å². The van der Waals surface area contributed by atoms with E-state index in [-0.39, 0.29) is 0 Å². The molecule has 0 aliphatic carbocycles. The van der Waals surface area contributed by atoms with Gasteiger partial charge in [-0.15, -0.1) is 11.6 Å². The van der Waals surface area contributed by atoms with Crippen molar-refractivity contribution in [1.29, 1.82) is 0 Å². The Morgan fingerprint density at radius 3 is 2.80 bits per heavy atom. The first-order valence-corrected chi connectivity index (χ1v) is 5.90. The second-order valence-electron chi connectivity index (χ2n) is 3.26. The predicted molar refractivity (Wildman–Crippen MR) is 65.6 cm³/mol. The maximum absolute atomic E-state index is 5.77. The molecule has 0 aliphatic heterocycles. The van der Waals surface area contributed by atoms with Crippen LogP contribution in [0.5, 0.6) is 0 Å². The first kappa shape index (κ1) is 10.7. The molecule has 1 heterocycles. The summed E-state index contributed by atoms with van der Waals surface area (Å²) < 4.78 is 3.06. The molecular weight excluding hydrogens is 275 g/mol. The average Bonchev–Trinajstić information content (AvgIpc) is 2.64. The maximum Gasteiger partial charge on any atom is 0.110 e. The standard InChI is InChI=1S/C11H10BrClN2/c1-8-14-4-5-15(8)11-3-2-9(7-13)6-10(11)12/h2-6H,7H2,1H3. The number of aromatic nitrogens is 2. The highest BCUT2D eigenvalue weighted by molar-refractivity contribution is 9.10. The summed E-state index contributed by atoms with van der Waals surface area (Å²) >= 11 is 9.30. The minimum atomic E-state index is 0.530. The van der Waals surface area contributed by atoms with E-state index in [9.17, 15) is 0 Å². The van der Waals surface area contributed by atoms with Crippen LogP contribution >= 0.6 is 27.5 Å². The predicted octanol–water partition coefficient (Wildman–Crippen LogP) is 3.68. The van der Waals surface area contributed by atoms with Gasteiger partial charge in [-0.1, -0.05) is 6.07 Å². The molecule has 0 saturated carbocycles. The van der Waals surface area contributed by atoms with Crippen LogP contribution in [0.25, 0.3) is 5.69 Å². The molecule has 0 unspecified atom stereocenters. The van der Waals surface area contributed by atoms with E-state index in [1.165, 1.54) is 0 Å². The second-order valence-corrected chi connectivity index (χ2v) is 4.39. The number of imidazole rings is 1. The number of hydrogen-bond acceptors (Lipinski definition) is 1. The van der Waals surface area contributed by atoms with Crippen molar-refractivity contribution in [1.82, 2.24) is 9.55 Å². The van der Waals surface area contributed by atoms with Gasteiger partial charge in [-0.2, -0.15) is 0 Å². The van der Waals surface area contributed by atoms with Crippen molar-refractivity contribution in [2.75, 3.05) is 0 Å². The molecule has 0 N–H and O–H groups in total. The molecule has 0 radical (unpaired) electrons. The summed E-state index contributed by atoms with van der Waals surface area (Å²) in [4.78, 5) is 4.19. The van der Waals surface area contributed by atoms with Crippen molar-refractivity contribution >= 4 is 27.5 Å². The summed E-state index contributed by atoms with van der Waals surface area (Å²) in [6.45, 7) is 1.97. The monoisotopic (exact) mass is 284 g/mol. The Bertz CT molecular complexity index is 479. The van der Waals surface area contributed by atoms with Crippen LogP contribution in [0.1, 0.15) is 11.4 Å². The normalized spacial score (nSPS) is 10.6. The summed E-state index contributed by atoms with van der Waals surface area (Å²) in [6, 6.07) is 6.09. The lowest BCUT2D eigenvalue weighted by Crippen LogP contribution is -1.97. The Labute approximate surface area is 102 Å². The molecule has 1 aromatic heterocycles. The maximum atomic E-state index is 5.77. The SMILES string of the molecule is Cc1nccn1-c1ccc(CCl)cc1Br. The minimum absolute atomic E-state index is 0.530. The fourth-order valence-corrected chi connectivity index (χ4v) is 2.24. The zero-order valence-corrected chi connectivity index (χ0v) is 10.6. The number of benzene rings is 1. The molecule has 2 nitrogen and oxygen atoms in total. The lowest BCUT2D eigenvalue weighted by atomic mass is 10.2. The molecule has 2 aromatic rings.